The van der Waals surface area contributed by atoms with Gasteiger partial charge in [0.25, 0.3) is 0 Å². The second kappa shape index (κ2) is 7.10. The topological polar surface area (TPSA) is 53.1 Å². The van der Waals surface area contributed by atoms with Gasteiger partial charge in [0.05, 0.1) is 12.3 Å². The van der Waals surface area contributed by atoms with E-state index in [1.165, 1.54) is 11.3 Å². The van der Waals surface area contributed by atoms with Crippen molar-refractivity contribution in [3.8, 4) is 5.75 Å². The predicted octanol–water partition coefficient (Wildman–Crippen LogP) is 2.47. The van der Waals surface area contributed by atoms with Gasteiger partial charge in [0.1, 0.15) is 5.75 Å². The summed E-state index contributed by atoms with van der Waals surface area (Å²) in [5, 5.41) is 4.58. The van der Waals surface area contributed by atoms with Gasteiger partial charge in [-0.2, -0.15) is 5.10 Å². The van der Waals surface area contributed by atoms with E-state index >= 15 is 0 Å². The Bertz CT molecular complexity index is 534. The van der Waals surface area contributed by atoms with Crippen LogP contribution in [-0.4, -0.2) is 22.9 Å². The molecule has 1 aromatic carbocycles. The molecule has 0 radical (unpaired) electrons. The van der Waals surface area contributed by atoms with E-state index in [0.29, 0.717) is 13.2 Å². The molecule has 2 N–H and O–H groups in total. The summed E-state index contributed by atoms with van der Waals surface area (Å²) >= 11 is 0. The van der Waals surface area contributed by atoms with E-state index in [0.717, 1.165) is 30.8 Å². The Morgan fingerprint density at radius 3 is 2.65 bits per heavy atom. The average Bonchev–Trinajstić information content (AvgIpc) is 2.73. The van der Waals surface area contributed by atoms with E-state index < -0.39 is 0 Å². The fourth-order valence-corrected chi connectivity index (χ4v) is 2.38. The molecule has 0 saturated carbocycles. The van der Waals surface area contributed by atoms with Gasteiger partial charge in [-0.25, -0.2) is 0 Å². The molecule has 0 fully saturated rings. The summed E-state index contributed by atoms with van der Waals surface area (Å²) < 4.78 is 7.76. The maximum atomic E-state index is 5.69. The van der Waals surface area contributed by atoms with Crippen LogP contribution in [0, 0.1) is 13.8 Å². The highest BCUT2D eigenvalue weighted by molar-refractivity contribution is 5.24. The van der Waals surface area contributed by atoms with Crippen LogP contribution in [-0.2, 0) is 13.0 Å². The molecule has 0 saturated heterocycles. The Labute approximate surface area is 120 Å². The summed E-state index contributed by atoms with van der Waals surface area (Å²) in [4.78, 5) is 0. The van der Waals surface area contributed by atoms with Crippen LogP contribution in [0.25, 0.3) is 0 Å². The molecule has 20 heavy (non-hydrogen) atoms. The molecule has 0 aliphatic carbocycles. The van der Waals surface area contributed by atoms with Crippen LogP contribution in [0.15, 0.2) is 30.3 Å². The maximum absolute atomic E-state index is 5.69. The first kappa shape index (κ1) is 14.6. The lowest BCUT2D eigenvalue weighted by Crippen LogP contribution is -2.08. The lowest BCUT2D eigenvalue weighted by Gasteiger charge is -2.07. The van der Waals surface area contributed by atoms with Gasteiger partial charge in [0.15, 0.2) is 0 Å². The van der Waals surface area contributed by atoms with Crippen LogP contribution in [0.2, 0.25) is 0 Å². The van der Waals surface area contributed by atoms with Crippen molar-refractivity contribution < 1.29 is 4.74 Å². The third kappa shape index (κ3) is 3.61. The highest BCUT2D eigenvalue weighted by Gasteiger charge is 2.10. The molecule has 0 atom stereocenters. The normalized spacial score (nSPS) is 10.8. The Hall–Kier alpha value is -1.81. The number of nitrogens with zero attached hydrogens (tertiary/aromatic N) is 2. The quantitative estimate of drug-likeness (QED) is 0.788. The third-order valence-corrected chi connectivity index (χ3v) is 3.45. The van der Waals surface area contributed by atoms with E-state index in [1.54, 1.807) is 0 Å². The molecular weight excluding hydrogens is 250 g/mol. The van der Waals surface area contributed by atoms with E-state index in [-0.39, 0.29) is 0 Å². The number of nitrogens with two attached hydrogens (primary N) is 1. The Morgan fingerprint density at radius 1 is 1.20 bits per heavy atom. The van der Waals surface area contributed by atoms with E-state index in [1.807, 2.05) is 30.3 Å². The van der Waals surface area contributed by atoms with Gasteiger partial charge < -0.3 is 10.5 Å². The lowest BCUT2D eigenvalue weighted by atomic mass is 10.1. The highest BCUT2D eigenvalue weighted by Crippen LogP contribution is 2.14. The van der Waals surface area contributed by atoms with E-state index in [9.17, 15) is 0 Å². The van der Waals surface area contributed by atoms with Crippen LogP contribution < -0.4 is 10.5 Å². The molecule has 1 aromatic heterocycles. The van der Waals surface area contributed by atoms with Crippen molar-refractivity contribution >= 4 is 0 Å². The smallest absolute Gasteiger partial charge is 0.119 e. The zero-order valence-corrected chi connectivity index (χ0v) is 12.3. The molecule has 4 heteroatoms. The number of benzene rings is 1. The van der Waals surface area contributed by atoms with E-state index in [4.69, 9.17) is 10.5 Å². The summed E-state index contributed by atoms with van der Waals surface area (Å²) in [5.41, 5.74) is 9.25. The Kier molecular flexibility index (Phi) is 5.18. The molecule has 0 bridgehead atoms. The Morgan fingerprint density at radius 2 is 1.95 bits per heavy atom. The van der Waals surface area contributed by atoms with Crippen molar-refractivity contribution in [2.75, 3.05) is 13.2 Å². The zero-order valence-electron chi connectivity index (χ0n) is 12.3. The van der Waals surface area contributed by atoms with Crippen molar-refractivity contribution in [3.63, 3.8) is 0 Å². The van der Waals surface area contributed by atoms with Crippen LogP contribution in [0.3, 0.4) is 0 Å². The summed E-state index contributed by atoms with van der Waals surface area (Å²) in [6, 6.07) is 9.90. The van der Waals surface area contributed by atoms with Gasteiger partial charge in [0.2, 0.25) is 0 Å². The Balaban J connectivity index is 1.84. The van der Waals surface area contributed by atoms with Crippen molar-refractivity contribution in [2.24, 2.45) is 5.73 Å². The van der Waals surface area contributed by atoms with Crippen LogP contribution >= 0.6 is 0 Å². The first-order chi connectivity index (χ1) is 9.72. The second-order valence-corrected chi connectivity index (χ2v) is 4.93. The number of para-hydroxylation sites is 1. The SMILES string of the molecule is Cc1nn(CCCOc2ccccc2)c(C)c1CCN. The monoisotopic (exact) mass is 273 g/mol. The van der Waals surface area contributed by atoms with Crippen molar-refractivity contribution in [3.05, 3.63) is 47.3 Å². The molecule has 0 aliphatic heterocycles. The molecule has 1 heterocycles. The molecule has 0 amide bonds. The molecule has 0 unspecified atom stereocenters. The summed E-state index contributed by atoms with van der Waals surface area (Å²) in [5.74, 6) is 0.921. The number of rotatable bonds is 7. The molecule has 0 spiro atoms. The molecule has 2 aromatic rings. The molecule has 0 aliphatic rings. The second-order valence-electron chi connectivity index (χ2n) is 4.93. The van der Waals surface area contributed by atoms with Crippen LogP contribution in [0.5, 0.6) is 5.75 Å². The number of ether oxygens (including phenoxy) is 1. The van der Waals surface area contributed by atoms with Gasteiger partial charge in [-0.3, -0.25) is 4.68 Å². The minimum Gasteiger partial charge on any atom is -0.494 e. The molecular formula is C16H23N3O. The van der Waals surface area contributed by atoms with Gasteiger partial charge in [0, 0.05) is 18.7 Å². The zero-order chi connectivity index (χ0) is 14.4. The number of hydrogen-bond donors (Lipinski definition) is 1. The lowest BCUT2D eigenvalue weighted by molar-refractivity contribution is 0.298. The van der Waals surface area contributed by atoms with Crippen LogP contribution in [0.1, 0.15) is 23.4 Å². The van der Waals surface area contributed by atoms with Crippen molar-refractivity contribution in [1.29, 1.82) is 0 Å². The van der Waals surface area contributed by atoms with Crippen molar-refractivity contribution in [1.82, 2.24) is 9.78 Å². The number of aryl methyl sites for hydroxylation is 2. The largest absolute Gasteiger partial charge is 0.494 e. The summed E-state index contributed by atoms with van der Waals surface area (Å²) in [6.07, 6.45) is 1.84. The average molecular weight is 273 g/mol. The molecule has 2 rings (SSSR count). The minimum absolute atomic E-state index is 0.671. The maximum Gasteiger partial charge on any atom is 0.119 e. The van der Waals surface area contributed by atoms with Gasteiger partial charge >= 0.3 is 0 Å². The van der Waals surface area contributed by atoms with Crippen LogP contribution in [0.4, 0.5) is 0 Å². The highest BCUT2D eigenvalue weighted by atomic mass is 16.5. The predicted molar refractivity (Wildman–Crippen MR) is 81.0 cm³/mol. The fraction of sp³-hybridized carbons (Fsp3) is 0.438. The number of aromatic nitrogens is 2. The minimum atomic E-state index is 0.671. The first-order valence-electron chi connectivity index (χ1n) is 7.13. The first-order valence-corrected chi connectivity index (χ1v) is 7.13. The fourth-order valence-electron chi connectivity index (χ4n) is 2.38. The number of hydrogen-bond acceptors (Lipinski definition) is 3. The third-order valence-electron chi connectivity index (χ3n) is 3.45. The van der Waals surface area contributed by atoms with Gasteiger partial charge in [-0.05, 0) is 44.5 Å². The summed E-state index contributed by atoms with van der Waals surface area (Å²) in [7, 11) is 0. The van der Waals surface area contributed by atoms with Gasteiger partial charge in [-0.1, -0.05) is 18.2 Å². The van der Waals surface area contributed by atoms with Crippen molar-refractivity contribution in [2.45, 2.75) is 33.2 Å². The summed E-state index contributed by atoms with van der Waals surface area (Å²) in [6.45, 7) is 6.42. The molecule has 4 nitrogen and oxygen atoms in total. The van der Waals surface area contributed by atoms with Gasteiger partial charge in [-0.15, -0.1) is 0 Å². The van der Waals surface area contributed by atoms with E-state index in [2.05, 4.69) is 23.6 Å². The molecule has 108 valence electrons. The standard InChI is InChI=1S/C16H23N3O/c1-13-16(9-10-17)14(2)19(18-13)11-6-12-20-15-7-4-3-5-8-15/h3-5,7-8H,6,9-12,17H2,1-2H3.